The monoisotopic (exact) mass is 471 g/mol. The van der Waals surface area contributed by atoms with Crippen molar-refractivity contribution in [1.82, 2.24) is 4.90 Å². The van der Waals surface area contributed by atoms with Crippen molar-refractivity contribution in [2.45, 2.75) is 70.1 Å². The van der Waals surface area contributed by atoms with Gasteiger partial charge in [0.15, 0.2) is 0 Å². The highest BCUT2D eigenvalue weighted by Gasteiger charge is 2.75. The highest BCUT2D eigenvalue weighted by Crippen LogP contribution is 2.69. The van der Waals surface area contributed by atoms with Crippen LogP contribution in [0.1, 0.15) is 54.0 Å². The Bertz CT molecular complexity index is 1300. The van der Waals surface area contributed by atoms with Crippen LogP contribution in [0.3, 0.4) is 0 Å². The average Bonchev–Trinajstić information content (AvgIpc) is 3.17. The maximum atomic E-state index is 13.3. The van der Waals surface area contributed by atoms with Crippen molar-refractivity contribution in [2.75, 3.05) is 20.6 Å². The van der Waals surface area contributed by atoms with Gasteiger partial charge in [-0.1, -0.05) is 37.1 Å². The molecule has 1 N–H and O–H groups in total. The number of piperidine rings is 1. The SMILES string of the molecule is Cc1cccc(C#CC(=O)N(C)[C@@H]2CC[C@@]3(C)[C@@H]4Cc5ccc(C)c6c5[C@@]3(CC[N+]4(C)O)[C@H]2O6)c1. The lowest BCUT2D eigenvalue weighted by Gasteiger charge is -2.65. The van der Waals surface area contributed by atoms with Crippen LogP contribution in [0.4, 0.5) is 0 Å². The van der Waals surface area contributed by atoms with Crippen LogP contribution in [0.5, 0.6) is 5.75 Å². The molecule has 2 heterocycles. The van der Waals surface area contributed by atoms with E-state index in [0.29, 0.717) is 6.54 Å². The van der Waals surface area contributed by atoms with E-state index in [9.17, 15) is 10.0 Å². The van der Waals surface area contributed by atoms with Gasteiger partial charge in [-0.25, -0.2) is 5.21 Å². The maximum Gasteiger partial charge on any atom is 0.298 e. The highest BCUT2D eigenvalue weighted by molar-refractivity contribution is 5.94. The van der Waals surface area contributed by atoms with Gasteiger partial charge in [0.1, 0.15) is 24.4 Å². The Morgan fingerprint density at radius 1 is 1.23 bits per heavy atom. The van der Waals surface area contributed by atoms with Crippen LogP contribution in [0.25, 0.3) is 0 Å². The molecule has 0 aromatic heterocycles. The van der Waals surface area contributed by atoms with Crippen LogP contribution in [0.2, 0.25) is 0 Å². The van der Waals surface area contributed by atoms with Gasteiger partial charge in [-0.2, -0.15) is 4.65 Å². The molecule has 0 radical (unpaired) electrons. The number of hydroxylamine groups is 3. The third kappa shape index (κ3) is 2.93. The number of hydrogen-bond donors (Lipinski definition) is 1. The van der Waals surface area contributed by atoms with Gasteiger partial charge in [-0.3, -0.25) is 4.79 Å². The standard InChI is InChI=1S/C30H35N2O3/c1-19-7-6-8-21(17-19)10-12-25(33)31(4)23-13-14-29(3)24-18-22-11-9-20(2)27-26(22)30(29,28(23)35-27)15-16-32(24,5)34/h6-9,11,17,23-24,28,34H,13-16,18H2,1-5H3/q+1/t23-,24+,28+,29+,30+,32?/m1/s1. The molecular weight excluding hydrogens is 436 g/mol. The Hall–Kier alpha value is -2.81. The number of likely N-dealkylation sites (N-methyl/N-ethyl adjacent to an activating group) is 2. The van der Waals surface area contributed by atoms with E-state index in [1.807, 2.05) is 50.2 Å². The lowest BCUT2D eigenvalue weighted by molar-refractivity contribution is -1.12. The van der Waals surface area contributed by atoms with Gasteiger partial charge in [-0.05, 0) is 55.5 Å². The first kappa shape index (κ1) is 22.6. The minimum absolute atomic E-state index is 0.0590. The summed E-state index contributed by atoms with van der Waals surface area (Å²) in [5.41, 5.74) is 5.51. The van der Waals surface area contributed by atoms with Crippen molar-refractivity contribution in [3.05, 3.63) is 64.2 Å². The fourth-order valence-electron chi connectivity index (χ4n) is 8.05. The number of benzene rings is 2. The summed E-state index contributed by atoms with van der Waals surface area (Å²) in [6.07, 6.45) is 3.39. The summed E-state index contributed by atoms with van der Waals surface area (Å²) in [6.45, 7) is 7.22. The van der Waals surface area contributed by atoms with Gasteiger partial charge < -0.3 is 9.64 Å². The average molecular weight is 472 g/mol. The van der Waals surface area contributed by atoms with Crippen LogP contribution in [0, 0.1) is 31.1 Å². The van der Waals surface area contributed by atoms with Gasteiger partial charge >= 0.3 is 0 Å². The number of aryl methyl sites for hydroxylation is 2. The molecule has 6 rings (SSSR count). The number of quaternary nitrogens is 1. The zero-order chi connectivity index (χ0) is 24.8. The van der Waals surface area contributed by atoms with E-state index < -0.39 is 0 Å². The minimum Gasteiger partial charge on any atom is -0.487 e. The Labute approximate surface area is 208 Å². The van der Waals surface area contributed by atoms with Crippen molar-refractivity contribution >= 4 is 5.91 Å². The molecule has 1 saturated carbocycles. The summed E-state index contributed by atoms with van der Waals surface area (Å²) in [5, 5.41) is 11.4. The minimum atomic E-state index is -0.200. The molecule has 5 nitrogen and oxygen atoms in total. The maximum absolute atomic E-state index is 13.3. The molecule has 2 fully saturated rings. The number of nitrogens with zero attached hydrogens (tertiary/aromatic N) is 2. The van der Waals surface area contributed by atoms with Crippen LogP contribution < -0.4 is 4.74 Å². The molecule has 5 heteroatoms. The number of carbonyl (C=O) groups excluding carboxylic acids is 1. The van der Waals surface area contributed by atoms with Gasteiger partial charge in [-0.15, -0.1) is 0 Å². The molecule has 1 unspecified atom stereocenters. The van der Waals surface area contributed by atoms with Crippen LogP contribution in [-0.4, -0.2) is 59.5 Å². The van der Waals surface area contributed by atoms with E-state index in [2.05, 4.69) is 37.8 Å². The molecule has 4 aliphatic rings. The second kappa shape index (κ2) is 7.35. The van der Waals surface area contributed by atoms with Gasteiger partial charge in [0, 0.05) is 42.4 Å². The molecule has 35 heavy (non-hydrogen) atoms. The third-order valence-electron chi connectivity index (χ3n) is 9.87. The lowest BCUT2D eigenvalue weighted by Crippen LogP contribution is -2.76. The Balaban J connectivity index is 1.41. The van der Waals surface area contributed by atoms with E-state index in [4.69, 9.17) is 4.74 Å². The first-order valence-corrected chi connectivity index (χ1v) is 12.8. The molecule has 182 valence electrons. The predicted molar refractivity (Wildman–Crippen MR) is 134 cm³/mol. The summed E-state index contributed by atoms with van der Waals surface area (Å²) in [5.74, 6) is 6.80. The van der Waals surface area contributed by atoms with Crippen molar-refractivity contribution in [3.8, 4) is 17.6 Å². The second-order valence-corrected chi connectivity index (χ2v) is 11.7. The quantitative estimate of drug-likeness (QED) is 0.502. The van der Waals surface area contributed by atoms with E-state index in [1.54, 1.807) is 0 Å². The van der Waals surface area contributed by atoms with E-state index in [0.717, 1.165) is 48.1 Å². The van der Waals surface area contributed by atoms with E-state index >= 15 is 0 Å². The van der Waals surface area contributed by atoms with Gasteiger partial charge in [0.25, 0.3) is 5.91 Å². The zero-order valence-electron chi connectivity index (χ0n) is 21.4. The number of hydrogen-bond acceptors (Lipinski definition) is 3. The topological polar surface area (TPSA) is 49.8 Å². The molecule has 6 atom stereocenters. The fraction of sp³-hybridized carbons (Fsp3) is 0.500. The molecule has 2 aromatic rings. The van der Waals surface area contributed by atoms with Crippen molar-refractivity contribution < 1.29 is 19.4 Å². The Kier molecular flexibility index (Phi) is 4.75. The molecule has 2 bridgehead atoms. The number of amides is 1. The Morgan fingerprint density at radius 2 is 2.03 bits per heavy atom. The number of ether oxygens (including phenoxy) is 1. The number of likely N-dealkylation sites (tertiary alicyclic amines) is 1. The fourth-order valence-corrected chi connectivity index (χ4v) is 8.05. The zero-order valence-corrected chi connectivity index (χ0v) is 21.4. The van der Waals surface area contributed by atoms with Crippen molar-refractivity contribution in [2.24, 2.45) is 5.41 Å². The summed E-state index contributed by atoms with van der Waals surface area (Å²) in [6, 6.07) is 12.4. The summed E-state index contributed by atoms with van der Waals surface area (Å²) in [4.78, 5) is 15.1. The van der Waals surface area contributed by atoms with Gasteiger partial charge in [0.2, 0.25) is 0 Å². The van der Waals surface area contributed by atoms with Crippen LogP contribution in [-0.2, 0) is 16.6 Å². The smallest absolute Gasteiger partial charge is 0.298 e. The lowest BCUT2D eigenvalue weighted by atomic mass is 9.43. The van der Waals surface area contributed by atoms with Crippen molar-refractivity contribution in [3.63, 3.8) is 0 Å². The summed E-state index contributed by atoms with van der Waals surface area (Å²) < 4.78 is 6.94. The predicted octanol–water partition coefficient (Wildman–Crippen LogP) is 4.15. The molecule has 2 aliphatic heterocycles. The molecular formula is C30H35N2O3+. The molecule has 1 spiro atoms. The largest absolute Gasteiger partial charge is 0.487 e. The van der Waals surface area contributed by atoms with Crippen molar-refractivity contribution in [1.29, 1.82) is 0 Å². The molecule has 2 aliphatic carbocycles. The first-order valence-electron chi connectivity index (χ1n) is 12.8. The van der Waals surface area contributed by atoms with Crippen LogP contribution >= 0.6 is 0 Å². The van der Waals surface area contributed by atoms with Crippen LogP contribution in [0.15, 0.2) is 36.4 Å². The number of rotatable bonds is 1. The molecule has 2 aromatic carbocycles. The summed E-state index contributed by atoms with van der Waals surface area (Å²) >= 11 is 0. The number of carbonyl (C=O) groups is 1. The molecule has 1 amide bonds. The Morgan fingerprint density at radius 3 is 2.80 bits per heavy atom. The third-order valence-corrected chi connectivity index (χ3v) is 9.87. The highest BCUT2D eigenvalue weighted by atomic mass is 16.5. The first-order chi connectivity index (χ1) is 16.6. The molecule has 1 saturated heterocycles. The van der Waals surface area contributed by atoms with E-state index in [-0.39, 0.29) is 39.6 Å². The normalized spacial score (nSPS) is 35.9. The van der Waals surface area contributed by atoms with Gasteiger partial charge in [0.05, 0.1) is 18.5 Å². The van der Waals surface area contributed by atoms with E-state index in [1.165, 1.54) is 11.1 Å². The summed E-state index contributed by atoms with van der Waals surface area (Å²) in [7, 11) is 3.85. The second-order valence-electron chi connectivity index (χ2n) is 11.7.